The van der Waals surface area contributed by atoms with Gasteiger partial charge in [0, 0.05) is 11.5 Å². The summed E-state index contributed by atoms with van der Waals surface area (Å²) < 4.78 is 26.7. The van der Waals surface area contributed by atoms with Crippen LogP contribution in [0.5, 0.6) is 0 Å². The van der Waals surface area contributed by atoms with Crippen LogP contribution in [0.4, 0.5) is 8.78 Å². The Morgan fingerprint density at radius 1 is 1.26 bits per heavy atom. The van der Waals surface area contributed by atoms with Crippen molar-refractivity contribution >= 4 is 22.6 Å². The first kappa shape index (κ1) is 12.7. The van der Waals surface area contributed by atoms with Crippen molar-refractivity contribution in [3.05, 3.63) is 49.5 Å². The van der Waals surface area contributed by atoms with Gasteiger partial charge in [-0.05, 0) is 53.6 Å². The molecule has 6 heteroatoms. The maximum absolute atomic E-state index is 13.2. The van der Waals surface area contributed by atoms with Crippen molar-refractivity contribution in [2.24, 2.45) is 0 Å². The fourth-order valence-corrected chi connectivity index (χ4v) is 2.58. The van der Waals surface area contributed by atoms with Crippen LogP contribution in [0.25, 0.3) is 11.4 Å². The predicted octanol–water partition coefficient (Wildman–Crippen LogP) is 3.20. The Balaban J connectivity index is 2.14. The Morgan fingerprint density at radius 2 is 2.00 bits per heavy atom. The van der Waals surface area contributed by atoms with Gasteiger partial charge in [0.25, 0.3) is 5.56 Å². The van der Waals surface area contributed by atoms with Crippen molar-refractivity contribution < 1.29 is 8.78 Å². The third-order valence-corrected chi connectivity index (χ3v) is 4.09. The molecule has 1 heterocycles. The van der Waals surface area contributed by atoms with Gasteiger partial charge < -0.3 is 4.98 Å². The number of benzene rings is 1. The van der Waals surface area contributed by atoms with E-state index in [0.29, 0.717) is 15.1 Å². The number of halogens is 3. The van der Waals surface area contributed by atoms with Gasteiger partial charge in [-0.15, -0.1) is 0 Å². The molecule has 1 N–H and O–H groups in total. The van der Waals surface area contributed by atoms with Crippen molar-refractivity contribution in [1.29, 1.82) is 0 Å². The average molecular weight is 374 g/mol. The summed E-state index contributed by atoms with van der Waals surface area (Å²) in [7, 11) is 0. The van der Waals surface area contributed by atoms with Crippen molar-refractivity contribution in [1.82, 2.24) is 9.97 Å². The molecule has 0 radical (unpaired) electrons. The molecule has 19 heavy (non-hydrogen) atoms. The maximum atomic E-state index is 13.2. The van der Waals surface area contributed by atoms with Gasteiger partial charge in [0.2, 0.25) is 0 Å². The lowest BCUT2D eigenvalue weighted by atomic mass is 10.2. The molecule has 98 valence electrons. The number of nitrogens with zero attached hydrogens (tertiary/aromatic N) is 1. The molecule has 1 saturated carbocycles. The molecule has 1 aliphatic rings. The van der Waals surface area contributed by atoms with Crippen LogP contribution in [-0.2, 0) is 0 Å². The van der Waals surface area contributed by atoms with E-state index in [4.69, 9.17) is 0 Å². The second-order valence-corrected chi connectivity index (χ2v) is 5.60. The highest BCUT2D eigenvalue weighted by Crippen LogP contribution is 2.40. The smallest absolute Gasteiger partial charge is 0.264 e. The zero-order valence-electron chi connectivity index (χ0n) is 9.71. The van der Waals surface area contributed by atoms with Gasteiger partial charge in [0.15, 0.2) is 11.6 Å². The normalized spacial score (nSPS) is 14.7. The molecule has 0 unspecified atom stereocenters. The first-order valence-electron chi connectivity index (χ1n) is 5.81. The van der Waals surface area contributed by atoms with Crippen LogP contribution in [0.15, 0.2) is 23.0 Å². The first-order chi connectivity index (χ1) is 9.06. The molecule has 0 atom stereocenters. The van der Waals surface area contributed by atoms with Gasteiger partial charge in [-0.1, -0.05) is 0 Å². The van der Waals surface area contributed by atoms with E-state index in [2.05, 4.69) is 9.97 Å². The van der Waals surface area contributed by atoms with E-state index in [9.17, 15) is 13.6 Å². The van der Waals surface area contributed by atoms with E-state index in [1.807, 2.05) is 22.6 Å². The molecule has 3 rings (SSSR count). The van der Waals surface area contributed by atoms with Gasteiger partial charge in [0.1, 0.15) is 5.82 Å². The molecular formula is C13H9F2IN2O. The minimum Gasteiger partial charge on any atom is -0.306 e. The second-order valence-electron chi connectivity index (χ2n) is 4.52. The molecule has 0 aliphatic heterocycles. The van der Waals surface area contributed by atoms with E-state index in [1.165, 1.54) is 6.07 Å². The number of nitrogens with one attached hydrogen (secondary N) is 1. The van der Waals surface area contributed by atoms with Gasteiger partial charge in [-0.2, -0.15) is 0 Å². The number of hydrogen-bond acceptors (Lipinski definition) is 2. The molecule has 0 saturated heterocycles. The first-order valence-corrected chi connectivity index (χ1v) is 6.89. The van der Waals surface area contributed by atoms with Crippen LogP contribution in [-0.4, -0.2) is 9.97 Å². The van der Waals surface area contributed by atoms with E-state index in [1.54, 1.807) is 0 Å². The Kier molecular flexibility index (Phi) is 3.12. The van der Waals surface area contributed by atoms with E-state index in [0.717, 1.165) is 30.7 Å². The Labute approximate surface area is 121 Å². The largest absolute Gasteiger partial charge is 0.306 e. The lowest BCUT2D eigenvalue weighted by Gasteiger charge is -2.06. The summed E-state index contributed by atoms with van der Waals surface area (Å²) in [5.74, 6) is -1.27. The molecule has 0 amide bonds. The highest BCUT2D eigenvalue weighted by molar-refractivity contribution is 14.1. The quantitative estimate of drug-likeness (QED) is 0.821. The molecule has 2 aromatic rings. The molecule has 1 aromatic carbocycles. The van der Waals surface area contributed by atoms with E-state index in [-0.39, 0.29) is 11.4 Å². The molecule has 3 nitrogen and oxygen atoms in total. The summed E-state index contributed by atoms with van der Waals surface area (Å²) in [5, 5.41) is 0. The van der Waals surface area contributed by atoms with Gasteiger partial charge in [-0.3, -0.25) is 4.79 Å². The summed E-state index contributed by atoms with van der Waals surface area (Å²) in [6.45, 7) is 0. The summed E-state index contributed by atoms with van der Waals surface area (Å²) in [4.78, 5) is 18.8. The van der Waals surface area contributed by atoms with Crippen LogP contribution >= 0.6 is 22.6 Å². The predicted molar refractivity (Wildman–Crippen MR) is 74.9 cm³/mol. The van der Waals surface area contributed by atoms with Crippen LogP contribution in [0.3, 0.4) is 0 Å². The highest BCUT2D eigenvalue weighted by Gasteiger charge is 2.29. The minimum atomic E-state index is -0.952. The van der Waals surface area contributed by atoms with E-state index < -0.39 is 11.6 Å². The van der Waals surface area contributed by atoms with Crippen LogP contribution in [0.1, 0.15) is 24.5 Å². The van der Waals surface area contributed by atoms with Crippen molar-refractivity contribution in [2.45, 2.75) is 18.8 Å². The van der Waals surface area contributed by atoms with Crippen LogP contribution in [0, 0.1) is 15.2 Å². The second kappa shape index (κ2) is 4.66. The molecular weight excluding hydrogens is 365 g/mol. The molecule has 1 fully saturated rings. The standard InChI is InChI=1S/C13H9F2IN2O/c14-8-4-3-7(5-9(8)15)12-17-11(6-1-2-6)10(16)13(19)18-12/h3-6H,1-2H2,(H,17,18,19). The zero-order chi connectivity index (χ0) is 13.6. The minimum absolute atomic E-state index is 0.239. The van der Waals surface area contributed by atoms with Crippen molar-refractivity contribution in [3.8, 4) is 11.4 Å². The summed E-state index contributed by atoms with van der Waals surface area (Å²) >= 11 is 1.97. The van der Waals surface area contributed by atoms with Crippen molar-refractivity contribution in [2.75, 3.05) is 0 Å². The molecule has 0 bridgehead atoms. The Bertz CT molecular complexity index is 710. The maximum Gasteiger partial charge on any atom is 0.264 e. The number of aromatic amines is 1. The lowest BCUT2D eigenvalue weighted by molar-refractivity contribution is 0.509. The monoisotopic (exact) mass is 374 g/mol. The SMILES string of the molecule is O=c1[nH]c(-c2ccc(F)c(F)c2)nc(C2CC2)c1I. The van der Waals surface area contributed by atoms with Gasteiger partial charge in [-0.25, -0.2) is 13.8 Å². The summed E-state index contributed by atoms with van der Waals surface area (Å²) in [6.07, 6.45) is 2.04. The summed E-state index contributed by atoms with van der Waals surface area (Å²) in [6, 6.07) is 3.47. The van der Waals surface area contributed by atoms with E-state index >= 15 is 0 Å². The van der Waals surface area contributed by atoms with Crippen LogP contribution < -0.4 is 5.56 Å². The lowest BCUT2D eigenvalue weighted by Crippen LogP contribution is -2.16. The summed E-state index contributed by atoms with van der Waals surface area (Å²) in [5.41, 5.74) is 0.885. The fourth-order valence-electron chi connectivity index (χ4n) is 1.88. The number of rotatable bonds is 2. The molecule has 0 spiro atoms. The Hall–Kier alpha value is -1.31. The van der Waals surface area contributed by atoms with Gasteiger partial charge >= 0.3 is 0 Å². The van der Waals surface area contributed by atoms with Crippen molar-refractivity contribution in [3.63, 3.8) is 0 Å². The zero-order valence-corrected chi connectivity index (χ0v) is 11.9. The Morgan fingerprint density at radius 3 is 2.63 bits per heavy atom. The topological polar surface area (TPSA) is 45.8 Å². The third-order valence-electron chi connectivity index (χ3n) is 3.05. The van der Waals surface area contributed by atoms with Crippen LogP contribution in [0.2, 0.25) is 0 Å². The highest BCUT2D eigenvalue weighted by atomic mass is 127. The number of aromatic nitrogens is 2. The van der Waals surface area contributed by atoms with Gasteiger partial charge in [0.05, 0.1) is 9.26 Å². The average Bonchev–Trinajstić information content (AvgIpc) is 3.20. The fraction of sp³-hybridized carbons (Fsp3) is 0.231. The third kappa shape index (κ3) is 2.41. The number of H-pyrrole nitrogens is 1. The number of hydrogen-bond donors (Lipinski definition) is 1. The molecule has 1 aliphatic carbocycles. The molecule has 1 aromatic heterocycles.